The Kier molecular flexibility index (Phi) is 8.50. The second kappa shape index (κ2) is 9.37. The van der Waals surface area contributed by atoms with Crippen LogP contribution in [0.4, 0.5) is 0 Å². The standard InChI is InChI=1S/C8H15NO3.C2H2O4/c1-11-8(10)6-12-7-2-4-9-5-3-7;3-1(4)2(5)6/h7,9H,2-6H2,1H3;(H,3,4)(H,5,6). The number of methoxy groups -OCH3 is 1. The van der Waals surface area contributed by atoms with E-state index in [-0.39, 0.29) is 18.7 Å². The van der Waals surface area contributed by atoms with Crippen molar-refractivity contribution in [2.45, 2.75) is 18.9 Å². The molecule has 1 saturated heterocycles. The number of hydrogen-bond acceptors (Lipinski definition) is 6. The lowest BCUT2D eigenvalue weighted by Gasteiger charge is -2.22. The van der Waals surface area contributed by atoms with Crippen molar-refractivity contribution in [1.29, 1.82) is 0 Å². The number of ether oxygens (including phenoxy) is 2. The van der Waals surface area contributed by atoms with Crippen molar-refractivity contribution in [3.63, 3.8) is 0 Å². The van der Waals surface area contributed by atoms with Crippen molar-refractivity contribution in [2.24, 2.45) is 0 Å². The van der Waals surface area contributed by atoms with Crippen LogP contribution in [0.5, 0.6) is 0 Å². The van der Waals surface area contributed by atoms with Gasteiger partial charge in [-0.2, -0.15) is 0 Å². The number of carboxylic acid groups (broad SMARTS) is 2. The van der Waals surface area contributed by atoms with Crippen LogP contribution in [0.1, 0.15) is 12.8 Å². The van der Waals surface area contributed by atoms with Gasteiger partial charge in [-0.05, 0) is 25.9 Å². The molecule has 0 bridgehead atoms. The molecule has 3 N–H and O–H groups in total. The third kappa shape index (κ3) is 8.48. The first-order chi connectivity index (χ1) is 8.47. The molecule has 0 aromatic carbocycles. The van der Waals surface area contributed by atoms with Gasteiger partial charge >= 0.3 is 17.9 Å². The van der Waals surface area contributed by atoms with Crippen molar-refractivity contribution in [3.05, 3.63) is 0 Å². The highest BCUT2D eigenvalue weighted by Crippen LogP contribution is 2.06. The van der Waals surface area contributed by atoms with Crippen LogP contribution in [0.15, 0.2) is 0 Å². The third-order valence-corrected chi connectivity index (χ3v) is 2.13. The molecule has 0 saturated carbocycles. The van der Waals surface area contributed by atoms with Crippen LogP contribution in [0.2, 0.25) is 0 Å². The smallest absolute Gasteiger partial charge is 0.414 e. The lowest BCUT2D eigenvalue weighted by atomic mass is 10.1. The molecule has 1 aliphatic heterocycles. The van der Waals surface area contributed by atoms with Gasteiger partial charge in [0.15, 0.2) is 0 Å². The number of piperidine rings is 1. The summed E-state index contributed by atoms with van der Waals surface area (Å²) in [7, 11) is 1.37. The van der Waals surface area contributed by atoms with Crippen LogP contribution in [0.3, 0.4) is 0 Å². The SMILES string of the molecule is COC(=O)COC1CCNCC1.O=C(O)C(=O)O. The van der Waals surface area contributed by atoms with E-state index >= 15 is 0 Å². The van der Waals surface area contributed by atoms with Crippen molar-refractivity contribution in [1.82, 2.24) is 5.32 Å². The molecule has 1 heterocycles. The average molecular weight is 263 g/mol. The minimum absolute atomic E-state index is 0.0845. The first kappa shape index (κ1) is 16.3. The molecule has 0 amide bonds. The van der Waals surface area contributed by atoms with Crippen LogP contribution < -0.4 is 5.32 Å². The molecule has 8 nitrogen and oxygen atoms in total. The van der Waals surface area contributed by atoms with Crippen molar-refractivity contribution >= 4 is 17.9 Å². The van der Waals surface area contributed by atoms with E-state index < -0.39 is 11.9 Å². The maximum Gasteiger partial charge on any atom is 0.414 e. The van der Waals surface area contributed by atoms with Gasteiger partial charge in [-0.1, -0.05) is 0 Å². The van der Waals surface area contributed by atoms with Gasteiger partial charge in [0, 0.05) is 0 Å². The molecule has 0 unspecified atom stereocenters. The molecular formula is C10H17NO7. The number of aliphatic carboxylic acids is 2. The number of rotatable bonds is 3. The summed E-state index contributed by atoms with van der Waals surface area (Å²) in [5, 5.41) is 18.0. The monoisotopic (exact) mass is 263 g/mol. The van der Waals surface area contributed by atoms with E-state index in [1.165, 1.54) is 7.11 Å². The molecule has 1 rings (SSSR count). The zero-order valence-corrected chi connectivity index (χ0v) is 10.0. The molecule has 18 heavy (non-hydrogen) atoms. The second-order valence-electron chi connectivity index (χ2n) is 3.45. The lowest BCUT2D eigenvalue weighted by molar-refractivity contribution is -0.159. The molecular weight excluding hydrogens is 246 g/mol. The van der Waals surface area contributed by atoms with Gasteiger partial charge in [-0.25, -0.2) is 14.4 Å². The maximum absolute atomic E-state index is 10.7. The normalized spacial score (nSPS) is 15.2. The summed E-state index contributed by atoms with van der Waals surface area (Å²) in [5.74, 6) is -3.95. The van der Waals surface area contributed by atoms with Gasteiger partial charge in [0.2, 0.25) is 0 Å². The van der Waals surface area contributed by atoms with Crippen LogP contribution in [-0.4, -0.2) is 61.0 Å². The zero-order valence-electron chi connectivity index (χ0n) is 10.0. The molecule has 104 valence electrons. The molecule has 8 heteroatoms. The highest BCUT2D eigenvalue weighted by atomic mass is 16.6. The second-order valence-corrected chi connectivity index (χ2v) is 3.45. The quantitative estimate of drug-likeness (QED) is 0.441. The maximum atomic E-state index is 10.7. The molecule has 0 aromatic heterocycles. The largest absolute Gasteiger partial charge is 0.473 e. The Morgan fingerprint density at radius 1 is 1.17 bits per heavy atom. The first-order valence-electron chi connectivity index (χ1n) is 5.32. The van der Waals surface area contributed by atoms with Crippen LogP contribution >= 0.6 is 0 Å². The highest BCUT2D eigenvalue weighted by molar-refractivity contribution is 6.27. The summed E-state index contributed by atoms with van der Waals surface area (Å²) in [6, 6.07) is 0. The molecule has 0 aromatic rings. The van der Waals surface area contributed by atoms with Gasteiger partial charge in [-0.15, -0.1) is 0 Å². The van der Waals surface area contributed by atoms with Crippen LogP contribution in [-0.2, 0) is 23.9 Å². The summed E-state index contributed by atoms with van der Waals surface area (Å²) >= 11 is 0. The molecule has 1 fully saturated rings. The number of carbonyl (C=O) groups is 3. The van der Waals surface area contributed by atoms with Crippen molar-refractivity contribution in [3.8, 4) is 0 Å². The third-order valence-electron chi connectivity index (χ3n) is 2.13. The Morgan fingerprint density at radius 2 is 1.67 bits per heavy atom. The molecule has 0 aliphatic carbocycles. The minimum atomic E-state index is -1.82. The Morgan fingerprint density at radius 3 is 2.06 bits per heavy atom. The Labute approximate surface area is 104 Å². The van der Waals surface area contributed by atoms with Gasteiger partial charge in [-0.3, -0.25) is 0 Å². The molecule has 0 spiro atoms. The van der Waals surface area contributed by atoms with E-state index in [0.717, 1.165) is 25.9 Å². The summed E-state index contributed by atoms with van der Waals surface area (Å²) in [4.78, 5) is 28.9. The predicted octanol–water partition coefficient (Wildman–Crippen LogP) is -0.916. The Bertz CT molecular complexity index is 274. The first-order valence-corrected chi connectivity index (χ1v) is 5.32. The van der Waals surface area contributed by atoms with Crippen molar-refractivity contribution < 1.29 is 34.1 Å². The van der Waals surface area contributed by atoms with Gasteiger partial charge in [0.1, 0.15) is 6.61 Å². The highest BCUT2D eigenvalue weighted by Gasteiger charge is 2.14. The summed E-state index contributed by atoms with van der Waals surface area (Å²) in [6.07, 6.45) is 2.19. The number of esters is 1. The summed E-state index contributed by atoms with van der Waals surface area (Å²) < 4.78 is 9.78. The predicted molar refractivity (Wildman–Crippen MR) is 59.1 cm³/mol. The number of hydrogen-bond donors (Lipinski definition) is 3. The van der Waals surface area contributed by atoms with E-state index in [9.17, 15) is 4.79 Å². The molecule has 1 aliphatic rings. The lowest BCUT2D eigenvalue weighted by Crippen LogP contribution is -2.33. The number of carbonyl (C=O) groups excluding carboxylic acids is 1. The molecule has 0 radical (unpaired) electrons. The van der Waals surface area contributed by atoms with Crippen LogP contribution in [0, 0.1) is 0 Å². The molecule has 0 atom stereocenters. The fourth-order valence-corrected chi connectivity index (χ4v) is 1.21. The summed E-state index contributed by atoms with van der Waals surface area (Å²) in [5.41, 5.74) is 0. The Balaban J connectivity index is 0.000000411. The van der Waals surface area contributed by atoms with E-state index in [2.05, 4.69) is 10.1 Å². The topological polar surface area (TPSA) is 122 Å². The van der Waals surface area contributed by atoms with E-state index in [1.54, 1.807) is 0 Å². The van der Waals surface area contributed by atoms with Gasteiger partial charge in [0.25, 0.3) is 0 Å². The van der Waals surface area contributed by atoms with Gasteiger partial charge in [0.05, 0.1) is 13.2 Å². The summed E-state index contributed by atoms with van der Waals surface area (Å²) in [6.45, 7) is 2.04. The van der Waals surface area contributed by atoms with Crippen molar-refractivity contribution in [2.75, 3.05) is 26.8 Å². The van der Waals surface area contributed by atoms with E-state index in [1.807, 2.05) is 0 Å². The fourth-order valence-electron chi connectivity index (χ4n) is 1.21. The van der Waals surface area contributed by atoms with Crippen LogP contribution in [0.25, 0.3) is 0 Å². The van der Waals surface area contributed by atoms with E-state index in [4.69, 9.17) is 24.5 Å². The average Bonchev–Trinajstić information content (AvgIpc) is 2.37. The fraction of sp³-hybridized carbons (Fsp3) is 0.700. The minimum Gasteiger partial charge on any atom is -0.473 e. The number of carboxylic acids is 2. The number of nitrogens with one attached hydrogen (secondary N) is 1. The zero-order chi connectivity index (χ0) is 14.0. The van der Waals surface area contributed by atoms with E-state index in [0.29, 0.717) is 0 Å². The Hall–Kier alpha value is -1.67. The van der Waals surface area contributed by atoms with Gasteiger partial charge < -0.3 is 25.0 Å².